The van der Waals surface area contributed by atoms with Crippen molar-refractivity contribution in [1.82, 2.24) is 0 Å². The van der Waals surface area contributed by atoms with Crippen molar-refractivity contribution in [2.75, 3.05) is 41.9 Å². The molecule has 0 amide bonds. The van der Waals surface area contributed by atoms with Crippen molar-refractivity contribution in [3.63, 3.8) is 0 Å². The number of methoxy groups -OCH3 is 2. The van der Waals surface area contributed by atoms with Crippen molar-refractivity contribution in [2.45, 2.75) is 6.42 Å². The van der Waals surface area contributed by atoms with Crippen LogP contribution in [0, 0.1) is 0 Å². The molecule has 100 valence electrons. The summed E-state index contributed by atoms with van der Waals surface area (Å²) in [5, 5.41) is 0. The van der Waals surface area contributed by atoms with Gasteiger partial charge in [-0.3, -0.25) is 4.79 Å². The fourth-order valence-electron chi connectivity index (χ4n) is 1.60. The zero-order valence-electron chi connectivity index (χ0n) is 11.8. The van der Waals surface area contributed by atoms with Gasteiger partial charge in [0.25, 0.3) is 0 Å². The predicted molar refractivity (Wildman–Crippen MR) is 71.4 cm³/mol. The van der Waals surface area contributed by atoms with Crippen molar-refractivity contribution in [3.8, 4) is 11.5 Å². The molecular weight excluding hydrogens is 230 g/mol. The lowest BCUT2D eigenvalue weighted by atomic mass is 10.1. The smallest absolute Gasteiger partial charge is 0.172 e. The van der Waals surface area contributed by atoms with Gasteiger partial charge >= 0.3 is 0 Å². The molecule has 0 aromatic heterocycles. The van der Waals surface area contributed by atoms with Crippen LogP contribution >= 0.6 is 0 Å². The summed E-state index contributed by atoms with van der Waals surface area (Å²) in [4.78, 5) is 12.1. The Hall–Kier alpha value is -1.55. The molecule has 0 aliphatic carbocycles. The average molecular weight is 252 g/mol. The molecule has 0 saturated heterocycles. The van der Waals surface area contributed by atoms with E-state index in [0.29, 0.717) is 23.5 Å². The minimum Gasteiger partial charge on any atom is -0.497 e. The van der Waals surface area contributed by atoms with E-state index in [1.807, 2.05) is 0 Å². The van der Waals surface area contributed by atoms with Gasteiger partial charge < -0.3 is 14.0 Å². The maximum atomic E-state index is 12.1. The molecule has 0 unspecified atom stereocenters. The second kappa shape index (κ2) is 5.87. The first-order valence-electron chi connectivity index (χ1n) is 5.93. The summed E-state index contributed by atoms with van der Waals surface area (Å²) in [6.07, 6.45) is 0.506. The van der Waals surface area contributed by atoms with Gasteiger partial charge in [-0.2, -0.15) is 0 Å². The maximum Gasteiger partial charge on any atom is 0.172 e. The molecule has 0 N–H and O–H groups in total. The van der Waals surface area contributed by atoms with Crippen molar-refractivity contribution in [2.24, 2.45) is 0 Å². The number of carbonyl (C=O) groups excluding carboxylic acids is 1. The van der Waals surface area contributed by atoms with Crippen LogP contribution in [0.25, 0.3) is 0 Å². The second-order valence-corrected chi connectivity index (χ2v) is 5.25. The summed E-state index contributed by atoms with van der Waals surface area (Å²) < 4.78 is 11.1. The molecule has 0 saturated carbocycles. The van der Waals surface area contributed by atoms with E-state index in [4.69, 9.17) is 9.47 Å². The van der Waals surface area contributed by atoms with E-state index < -0.39 is 0 Å². The number of ether oxygens (including phenoxy) is 2. The Morgan fingerprint density at radius 2 is 1.83 bits per heavy atom. The number of nitrogens with zero attached hydrogens (tertiary/aromatic N) is 1. The first-order valence-corrected chi connectivity index (χ1v) is 5.93. The highest BCUT2D eigenvalue weighted by molar-refractivity contribution is 5.98. The summed E-state index contributed by atoms with van der Waals surface area (Å²) in [6, 6.07) is 5.27. The zero-order chi connectivity index (χ0) is 13.8. The standard InChI is InChI=1S/C14H22NO3/c1-15(2,3)9-8-13(16)12-7-6-11(17-4)10-14(12)18-5/h6-7,10H,8-9H2,1-5H3/q+1. The zero-order valence-corrected chi connectivity index (χ0v) is 11.8. The van der Waals surface area contributed by atoms with E-state index in [-0.39, 0.29) is 5.78 Å². The largest absolute Gasteiger partial charge is 0.497 e. The lowest BCUT2D eigenvalue weighted by molar-refractivity contribution is -0.869. The van der Waals surface area contributed by atoms with Crippen molar-refractivity contribution in [3.05, 3.63) is 23.8 Å². The van der Waals surface area contributed by atoms with Gasteiger partial charge in [-0.1, -0.05) is 0 Å². The molecule has 0 bridgehead atoms. The van der Waals surface area contributed by atoms with E-state index in [0.717, 1.165) is 11.0 Å². The number of benzene rings is 1. The van der Waals surface area contributed by atoms with Crippen LogP contribution in [-0.4, -0.2) is 52.2 Å². The van der Waals surface area contributed by atoms with Gasteiger partial charge in [-0.15, -0.1) is 0 Å². The first-order chi connectivity index (χ1) is 8.37. The minimum atomic E-state index is 0.0996. The third-order valence-electron chi connectivity index (χ3n) is 2.72. The molecule has 1 aromatic carbocycles. The molecule has 0 aliphatic rings. The Bertz CT molecular complexity index is 422. The van der Waals surface area contributed by atoms with E-state index in [9.17, 15) is 4.79 Å². The second-order valence-electron chi connectivity index (χ2n) is 5.25. The van der Waals surface area contributed by atoms with Crippen LogP contribution in [0.15, 0.2) is 18.2 Å². The molecule has 0 fully saturated rings. The van der Waals surface area contributed by atoms with Gasteiger partial charge in [0.1, 0.15) is 11.5 Å². The van der Waals surface area contributed by atoms with Crippen LogP contribution < -0.4 is 9.47 Å². The average Bonchev–Trinajstić information content (AvgIpc) is 2.34. The van der Waals surface area contributed by atoms with Gasteiger partial charge in [0, 0.05) is 6.07 Å². The van der Waals surface area contributed by atoms with E-state index in [2.05, 4.69) is 21.1 Å². The number of carbonyl (C=O) groups is 1. The van der Waals surface area contributed by atoms with Crippen molar-refractivity contribution >= 4 is 5.78 Å². The third kappa shape index (κ3) is 4.04. The predicted octanol–water partition coefficient (Wildman–Crippen LogP) is 1.98. The summed E-state index contributed by atoms with van der Waals surface area (Å²) in [7, 11) is 9.36. The molecule has 0 spiro atoms. The van der Waals surface area contributed by atoms with Crippen LogP contribution in [0.1, 0.15) is 16.8 Å². The van der Waals surface area contributed by atoms with E-state index in [1.165, 1.54) is 0 Å². The van der Waals surface area contributed by atoms with Gasteiger partial charge in [0.2, 0.25) is 0 Å². The Balaban J connectivity index is 2.85. The lowest BCUT2D eigenvalue weighted by Gasteiger charge is -2.23. The number of Topliss-reactive ketones (excluding diaryl/α,β-unsaturated/α-hetero) is 1. The molecule has 18 heavy (non-hydrogen) atoms. The monoisotopic (exact) mass is 252 g/mol. The Morgan fingerprint density at radius 3 is 2.33 bits per heavy atom. The van der Waals surface area contributed by atoms with Crippen LogP contribution in [0.3, 0.4) is 0 Å². The van der Waals surface area contributed by atoms with Crippen LogP contribution in [0.2, 0.25) is 0 Å². The summed E-state index contributed by atoms with van der Waals surface area (Å²) in [5.74, 6) is 1.36. The van der Waals surface area contributed by atoms with Crippen molar-refractivity contribution in [1.29, 1.82) is 0 Å². The quantitative estimate of drug-likeness (QED) is 0.573. The fraction of sp³-hybridized carbons (Fsp3) is 0.500. The Morgan fingerprint density at radius 1 is 1.17 bits per heavy atom. The third-order valence-corrected chi connectivity index (χ3v) is 2.72. The number of quaternary nitrogens is 1. The molecule has 0 heterocycles. The normalized spacial score (nSPS) is 11.2. The topological polar surface area (TPSA) is 35.5 Å². The van der Waals surface area contributed by atoms with E-state index in [1.54, 1.807) is 32.4 Å². The molecule has 0 atom stereocenters. The van der Waals surface area contributed by atoms with Crippen LogP contribution in [0.5, 0.6) is 11.5 Å². The number of rotatable bonds is 6. The van der Waals surface area contributed by atoms with E-state index >= 15 is 0 Å². The summed E-state index contributed by atoms with van der Waals surface area (Å²) >= 11 is 0. The van der Waals surface area contributed by atoms with Gasteiger partial charge in [-0.25, -0.2) is 0 Å². The molecule has 0 aliphatic heterocycles. The minimum absolute atomic E-state index is 0.0996. The molecule has 4 nitrogen and oxygen atoms in total. The van der Waals surface area contributed by atoms with Crippen LogP contribution in [0.4, 0.5) is 0 Å². The fourth-order valence-corrected chi connectivity index (χ4v) is 1.60. The summed E-state index contributed by atoms with van der Waals surface area (Å²) in [5.41, 5.74) is 0.617. The van der Waals surface area contributed by atoms with Gasteiger partial charge in [0.15, 0.2) is 5.78 Å². The van der Waals surface area contributed by atoms with Crippen LogP contribution in [-0.2, 0) is 0 Å². The molecule has 4 heteroatoms. The summed E-state index contributed by atoms with van der Waals surface area (Å²) in [6.45, 7) is 0.800. The number of hydrogen-bond acceptors (Lipinski definition) is 3. The van der Waals surface area contributed by atoms with Crippen molar-refractivity contribution < 1.29 is 18.8 Å². The molecule has 1 rings (SSSR count). The number of hydrogen-bond donors (Lipinski definition) is 0. The highest BCUT2D eigenvalue weighted by Gasteiger charge is 2.16. The molecule has 0 radical (unpaired) electrons. The molecular formula is C14H22NO3+. The Kier molecular flexibility index (Phi) is 4.73. The highest BCUT2D eigenvalue weighted by atomic mass is 16.5. The van der Waals surface area contributed by atoms with Gasteiger partial charge in [-0.05, 0) is 12.1 Å². The highest BCUT2D eigenvalue weighted by Crippen LogP contribution is 2.25. The number of ketones is 1. The SMILES string of the molecule is COc1ccc(C(=O)CC[N+](C)(C)C)c(OC)c1. The maximum absolute atomic E-state index is 12.1. The van der Waals surface area contributed by atoms with Gasteiger partial charge in [0.05, 0.1) is 53.9 Å². The first kappa shape index (κ1) is 14.5. The Labute approximate surface area is 109 Å². The molecule has 1 aromatic rings. The lowest BCUT2D eigenvalue weighted by Crippen LogP contribution is -2.36.